The molecule has 0 saturated heterocycles. The van der Waals surface area contributed by atoms with E-state index in [9.17, 15) is 0 Å². The molecule has 0 fully saturated rings. The first-order valence-electron chi connectivity index (χ1n) is 7.22. The van der Waals surface area contributed by atoms with E-state index in [1.165, 1.54) is 11.1 Å². The number of rotatable bonds is 5. The highest BCUT2D eigenvalue weighted by molar-refractivity contribution is 5.79. The summed E-state index contributed by atoms with van der Waals surface area (Å²) < 4.78 is 2.03. The fourth-order valence-corrected chi connectivity index (χ4v) is 2.04. The number of pyridine rings is 1. The third kappa shape index (κ3) is 4.63. The predicted molar refractivity (Wildman–Crippen MR) is 86.0 cm³/mol. The minimum absolute atomic E-state index is 0.664. The number of aliphatic imine (C=N–C) groups is 1. The van der Waals surface area contributed by atoms with E-state index >= 15 is 0 Å². The number of hydrogen-bond donors (Lipinski definition) is 2. The van der Waals surface area contributed by atoms with Gasteiger partial charge >= 0.3 is 0 Å². The van der Waals surface area contributed by atoms with Crippen LogP contribution in [0.1, 0.15) is 23.7 Å². The van der Waals surface area contributed by atoms with Crippen LogP contribution in [-0.2, 0) is 20.1 Å². The van der Waals surface area contributed by atoms with E-state index in [-0.39, 0.29) is 0 Å². The maximum atomic E-state index is 4.60. The highest BCUT2D eigenvalue weighted by Gasteiger charge is 2.02. The Labute approximate surface area is 126 Å². The van der Waals surface area contributed by atoms with Crippen LogP contribution in [0, 0.1) is 6.92 Å². The molecule has 5 heteroatoms. The molecule has 5 nitrogen and oxygen atoms in total. The first-order valence-corrected chi connectivity index (χ1v) is 7.22. The van der Waals surface area contributed by atoms with Crippen molar-refractivity contribution in [1.29, 1.82) is 0 Å². The summed E-state index contributed by atoms with van der Waals surface area (Å²) in [5.41, 5.74) is 3.43. The van der Waals surface area contributed by atoms with Crippen molar-refractivity contribution < 1.29 is 0 Å². The molecule has 0 amide bonds. The van der Waals surface area contributed by atoms with E-state index in [0.29, 0.717) is 13.1 Å². The van der Waals surface area contributed by atoms with Gasteiger partial charge in [-0.15, -0.1) is 0 Å². The Morgan fingerprint density at radius 1 is 1.33 bits per heavy atom. The zero-order chi connectivity index (χ0) is 15.1. The van der Waals surface area contributed by atoms with Gasteiger partial charge in [0.05, 0.1) is 18.8 Å². The lowest BCUT2D eigenvalue weighted by Gasteiger charge is -2.11. The SMILES string of the molecule is CCNC(=NCc1ccn(C)c1)NCc1ncccc1C. The number of aryl methyl sites for hydroxylation is 2. The van der Waals surface area contributed by atoms with Gasteiger partial charge in [0.25, 0.3) is 0 Å². The van der Waals surface area contributed by atoms with Crippen LogP contribution in [0.5, 0.6) is 0 Å². The molecule has 0 aliphatic heterocycles. The second kappa shape index (κ2) is 7.47. The van der Waals surface area contributed by atoms with Crippen molar-refractivity contribution in [3.63, 3.8) is 0 Å². The summed E-state index contributed by atoms with van der Waals surface area (Å²) in [6.45, 7) is 6.30. The van der Waals surface area contributed by atoms with Gasteiger partial charge in [-0.25, -0.2) is 4.99 Å². The Kier molecular flexibility index (Phi) is 5.37. The van der Waals surface area contributed by atoms with Crippen LogP contribution in [0.2, 0.25) is 0 Å². The first kappa shape index (κ1) is 15.1. The van der Waals surface area contributed by atoms with Crippen LogP contribution in [0.3, 0.4) is 0 Å². The highest BCUT2D eigenvalue weighted by atomic mass is 15.2. The zero-order valence-electron chi connectivity index (χ0n) is 12.9. The van der Waals surface area contributed by atoms with Gasteiger partial charge in [0.1, 0.15) is 0 Å². The van der Waals surface area contributed by atoms with E-state index in [4.69, 9.17) is 0 Å². The van der Waals surface area contributed by atoms with Gasteiger partial charge in [-0.2, -0.15) is 0 Å². The Bertz CT molecular complexity index is 600. The second-order valence-electron chi connectivity index (χ2n) is 5.00. The van der Waals surface area contributed by atoms with Gasteiger partial charge < -0.3 is 15.2 Å². The molecule has 2 heterocycles. The van der Waals surface area contributed by atoms with E-state index in [1.54, 1.807) is 0 Å². The van der Waals surface area contributed by atoms with Gasteiger partial charge in [-0.1, -0.05) is 6.07 Å². The predicted octanol–water partition coefficient (Wildman–Crippen LogP) is 1.98. The Balaban J connectivity index is 1.96. The molecule has 0 atom stereocenters. The molecular weight excluding hydrogens is 262 g/mol. The molecule has 0 aromatic carbocycles. The summed E-state index contributed by atoms with van der Waals surface area (Å²) in [5.74, 6) is 0.811. The Hall–Kier alpha value is -2.30. The summed E-state index contributed by atoms with van der Waals surface area (Å²) in [7, 11) is 2.01. The molecular formula is C16H23N5. The number of hydrogen-bond acceptors (Lipinski definition) is 2. The minimum Gasteiger partial charge on any atom is -0.357 e. The molecule has 0 bridgehead atoms. The smallest absolute Gasteiger partial charge is 0.191 e. The molecule has 2 aromatic heterocycles. The lowest BCUT2D eigenvalue weighted by atomic mass is 10.2. The van der Waals surface area contributed by atoms with Gasteiger partial charge in [-0.3, -0.25) is 4.98 Å². The molecule has 0 radical (unpaired) electrons. The molecule has 0 saturated carbocycles. The number of nitrogens with one attached hydrogen (secondary N) is 2. The third-order valence-corrected chi connectivity index (χ3v) is 3.20. The minimum atomic E-state index is 0.664. The molecule has 0 aliphatic carbocycles. The number of aromatic nitrogens is 2. The van der Waals surface area contributed by atoms with E-state index in [1.807, 2.05) is 30.1 Å². The fraction of sp³-hybridized carbons (Fsp3) is 0.375. The maximum absolute atomic E-state index is 4.60. The van der Waals surface area contributed by atoms with Crippen LogP contribution in [0.4, 0.5) is 0 Å². The van der Waals surface area contributed by atoms with Crippen molar-refractivity contribution in [2.24, 2.45) is 12.0 Å². The lowest BCUT2D eigenvalue weighted by Crippen LogP contribution is -2.37. The third-order valence-electron chi connectivity index (χ3n) is 3.20. The van der Waals surface area contributed by atoms with Gasteiger partial charge in [-0.05, 0) is 37.1 Å². The van der Waals surface area contributed by atoms with Gasteiger partial charge in [0.15, 0.2) is 5.96 Å². The van der Waals surface area contributed by atoms with Crippen LogP contribution in [0.15, 0.2) is 41.8 Å². The lowest BCUT2D eigenvalue weighted by molar-refractivity contribution is 0.794. The first-order chi connectivity index (χ1) is 10.2. The van der Waals surface area contributed by atoms with E-state index in [2.05, 4.69) is 52.8 Å². The maximum Gasteiger partial charge on any atom is 0.191 e. The summed E-state index contributed by atoms with van der Waals surface area (Å²) in [5, 5.41) is 6.58. The van der Waals surface area contributed by atoms with Crippen LogP contribution in [-0.4, -0.2) is 22.1 Å². The average molecular weight is 285 g/mol. The molecule has 112 valence electrons. The average Bonchev–Trinajstić information content (AvgIpc) is 2.89. The monoisotopic (exact) mass is 285 g/mol. The van der Waals surface area contributed by atoms with E-state index in [0.717, 1.165) is 18.2 Å². The van der Waals surface area contributed by atoms with Crippen molar-refractivity contribution in [3.8, 4) is 0 Å². The molecule has 0 spiro atoms. The Morgan fingerprint density at radius 3 is 2.86 bits per heavy atom. The molecule has 0 unspecified atom stereocenters. The summed E-state index contributed by atoms with van der Waals surface area (Å²) >= 11 is 0. The largest absolute Gasteiger partial charge is 0.357 e. The second-order valence-corrected chi connectivity index (χ2v) is 5.00. The number of nitrogens with zero attached hydrogens (tertiary/aromatic N) is 3. The zero-order valence-corrected chi connectivity index (χ0v) is 12.9. The van der Waals surface area contributed by atoms with Crippen LogP contribution >= 0.6 is 0 Å². The van der Waals surface area contributed by atoms with Crippen LogP contribution in [0.25, 0.3) is 0 Å². The molecule has 2 aromatic rings. The molecule has 2 N–H and O–H groups in total. The van der Waals surface area contributed by atoms with E-state index < -0.39 is 0 Å². The Morgan fingerprint density at radius 2 is 2.19 bits per heavy atom. The van der Waals surface area contributed by atoms with Crippen molar-refractivity contribution in [2.45, 2.75) is 26.9 Å². The normalized spacial score (nSPS) is 11.5. The topological polar surface area (TPSA) is 54.2 Å². The summed E-state index contributed by atoms with van der Waals surface area (Å²) in [4.78, 5) is 8.98. The van der Waals surface area contributed by atoms with Crippen molar-refractivity contribution in [3.05, 3.63) is 53.6 Å². The summed E-state index contributed by atoms with van der Waals surface area (Å²) in [6, 6.07) is 6.10. The molecule has 21 heavy (non-hydrogen) atoms. The van der Waals surface area contributed by atoms with Gasteiger partial charge in [0.2, 0.25) is 0 Å². The number of guanidine groups is 1. The van der Waals surface area contributed by atoms with Crippen molar-refractivity contribution >= 4 is 5.96 Å². The van der Waals surface area contributed by atoms with Crippen LogP contribution < -0.4 is 10.6 Å². The standard InChI is InChI=1S/C16H23N5/c1-4-17-16(19-10-14-7-9-21(3)12-14)20-11-15-13(2)6-5-8-18-15/h5-9,12H,4,10-11H2,1-3H3,(H2,17,19,20). The molecule has 0 aliphatic rings. The highest BCUT2D eigenvalue weighted by Crippen LogP contribution is 2.03. The van der Waals surface area contributed by atoms with Gasteiger partial charge in [0, 0.05) is 32.2 Å². The quantitative estimate of drug-likeness (QED) is 0.652. The van der Waals surface area contributed by atoms with Crippen molar-refractivity contribution in [1.82, 2.24) is 20.2 Å². The summed E-state index contributed by atoms with van der Waals surface area (Å²) in [6.07, 6.45) is 5.93. The molecule has 2 rings (SSSR count). The fourth-order valence-electron chi connectivity index (χ4n) is 2.04. The van der Waals surface area contributed by atoms with Crippen molar-refractivity contribution in [2.75, 3.05) is 6.54 Å².